The standard InChI is InChI=1S/C12H16N2S/c1-10(11-2-7-15-8-11)14-9-12(3-4-12)5-6-13/h2,7-8,10,14H,3-5,9H2,1H3. The van der Waals surface area contributed by atoms with Gasteiger partial charge in [-0.2, -0.15) is 16.6 Å². The molecule has 0 spiro atoms. The van der Waals surface area contributed by atoms with Gasteiger partial charge in [0.1, 0.15) is 0 Å². The van der Waals surface area contributed by atoms with Crippen molar-refractivity contribution < 1.29 is 0 Å². The van der Waals surface area contributed by atoms with Crippen LogP contribution in [0.5, 0.6) is 0 Å². The fourth-order valence-corrected chi connectivity index (χ4v) is 2.52. The first-order valence-corrected chi connectivity index (χ1v) is 6.32. The number of hydrogen-bond acceptors (Lipinski definition) is 3. The zero-order chi connectivity index (χ0) is 10.7. The predicted octanol–water partition coefficient (Wildman–Crippen LogP) is 3.09. The third-order valence-corrected chi connectivity index (χ3v) is 3.94. The van der Waals surface area contributed by atoms with Crippen LogP contribution in [0.25, 0.3) is 0 Å². The Hall–Kier alpha value is -0.850. The van der Waals surface area contributed by atoms with Crippen molar-refractivity contribution in [2.75, 3.05) is 6.54 Å². The second-order valence-corrected chi connectivity index (χ2v) is 5.27. The van der Waals surface area contributed by atoms with Crippen molar-refractivity contribution in [3.05, 3.63) is 22.4 Å². The van der Waals surface area contributed by atoms with Gasteiger partial charge in [-0.15, -0.1) is 0 Å². The van der Waals surface area contributed by atoms with Crippen molar-refractivity contribution in [3.63, 3.8) is 0 Å². The van der Waals surface area contributed by atoms with Crippen LogP contribution in [0.3, 0.4) is 0 Å². The fourth-order valence-electron chi connectivity index (χ4n) is 1.77. The molecule has 0 amide bonds. The average molecular weight is 220 g/mol. The summed E-state index contributed by atoms with van der Waals surface area (Å²) in [5, 5.41) is 16.5. The normalized spacial score (nSPS) is 19.5. The van der Waals surface area contributed by atoms with Gasteiger partial charge in [0.15, 0.2) is 0 Å². The summed E-state index contributed by atoms with van der Waals surface area (Å²) in [5.74, 6) is 0. The fraction of sp³-hybridized carbons (Fsp3) is 0.583. The van der Waals surface area contributed by atoms with E-state index in [1.807, 2.05) is 0 Å². The van der Waals surface area contributed by atoms with Gasteiger partial charge in [-0.3, -0.25) is 0 Å². The van der Waals surface area contributed by atoms with Crippen LogP contribution < -0.4 is 5.32 Å². The molecule has 1 unspecified atom stereocenters. The second-order valence-electron chi connectivity index (χ2n) is 4.49. The smallest absolute Gasteiger partial charge is 0.0628 e. The van der Waals surface area contributed by atoms with Crippen molar-refractivity contribution in [3.8, 4) is 6.07 Å². The molecule has 0 bridgehead atoms. The average Bonchev–Trinajstić information content (AvgIpc) is 2.81. The van der Waals surface area contributed by atoms with Crippen LogP contribution in [-0.4, -0.2) is 6.54 Å². The minimum absolute atomic E-state index is 0.305. The van der Waals surface area contributed by atoms with E-state index in [1.165, 1.54) is 18.4 Å². The van der Waals surface area contributed by atoms with Crippen LogP contribution in [-0.2, 0) is 0 Å². The first-order chi connectivity index (χ1) is 7.26. The molecule has 1 aromatic heterocycles. The number of hydrogen-bond donors (Lipinski definition) is 1. The molecule has 3 heteroatoms. The molecular weight excluding hydrogens is 204 g/mol. The van der Waals surface area contributed by atoms with Crippen LogP contribution >= 0.6 is 11.3 Å². The number of thiophene rings is 1. The van der Waals surface area contributed by atoms with Gasteiger partial charge < -0.3 is 5.32 Å². The van der Waals surface area contributed by atoms with Crippen LogP contribution in [0.2, 0.25) is 0 Å². The molecule has 1 aromatic rings. The van der Waals surface area contributed by atoms with E-state index in [0.717, 1.165) is 6.54 Å². The maximum atomic E-state index is 8.71. The van der Waals surface area contributed by atoms with Gasteiger partial charge in [0.2, 0.25) is 0 Å². The maximum Gasteiger partial charge on any atom is 0.0628 e. The zero-order valence-electron chi connectivity index (χ0n) is 8.99. The Balaban J connectivity index is 1.81. The van der Waals surface area contributed by atoms with Crippen LogP contribution in [0.1, 0.15) is 37.8 Å². The van der Waals surface area contributed by atoms with E-state index in [4.69, 9.17) is 5.26 Å². The molecular formula is C12H16N2S. The van der Waals surface area contributed by atoms with Crippen LogP contribution in [0, 0.1) is 16.7 Å². The predicted molar refractivity (Wildman–Crippen MR) is 62.6 cm³/mol. The largest absolute Gasteiger partial charge is 0.310 e. The molecule has 1 heterocycles. The summed E-state index contributed by atoms with van der Waals surface area (Å²) < 4.78 is 0. The van der Waals surface area contributed by atoms with Gasteiger partial charge in [0, 0.05) is 19.0 Å². The number of rotatable bonds is 5. The van der Waals surface area contributed by atoms with E-state index in [2.05, 4.69) is 35.1 Å². The van der Waals surface area contributed by atoms with E-state index < -0.39 is 0 Å². The third-order valence-electron chi connectivity index (χ3n) is 3.24. The highest BCUT2D eigenvalue weighted by Gasteiger charge is 2.42. The molecule has 0 aliphatic heterocycles. The molecule has 2 rings (SSSR count). The molecule has 1 fully saturated rings. The summed E-state index contributed by atoms with van der Waals surface area (Å²) in [6, 6.07) is 4.86. The Labute approximate surface area is 94.9 Å². The molecule has 15 heavy (non-hydrogen) atoms. The molecule has 1 saturated carbocycles. The van der Waals surface area contributed by atoms with Crippen molar-refractivity contribution in [2.45, 2.75) is 32.2 Å². The lowest BCUT2D eigenvalue weighted by Crippen LogP contribution is -2.26. The number of nitriles is 1. The van der Waals surface area contributed by atoms with E-state index in [-0.39, 0.29) is 0 Å². The summed E-state index contributed by atoms with van der Waals surface area (Å²) in [5.41, 5.74) is 1.66. The molecule has 80 valence electrons. The Morgan fingerprint density at radius 2 is 2.47 bits per heavy atom. The molecule has 1 N–H and O–H groups in total. The first-order valence-electron chi connectivity index (χ1n) is 5.38. The quantitative estimate of drug-likeness (QED) is 0.827. The molecule has 0 aromatic carbocycles. The molecule has 1 atom stereocenters. The third kappa shape index (κ3) is 2.58. The van der Waals surface area contributed by atoms with E-state index in [0.29, 0.717) is 17.9 Å². The second kappa shape index (κ2) is 4.34. The Morgan fingerprint density at radius 1 is 1.67 bits per heavy atom. The van der Waals surface area contributed by atoms with Gasteiger partial charge in [-0.25, -0.2) is 0 Å². The van der Waals surface area contributed by atoms with Gasteiger partial charge >= 0.3 is 0 Å². The number of nitrogens with zero attached hydrogens (tertiary/aromatic N) is 1. The maximum absolute atomic E-state index is 8.71. The SMILES string of the molecule is CC(NCC1(CC#N)CC1)c1ccsc1. The van der Waals surface area contributed by atoms with Gasteiger partial charge in [-0.1, -0.05) is 0 Å². The van der Waals surface area contributed by atoms with E-state index >= 15 is 0 Å². The zero-order valence-corrected chi connectivity index (χ0v) is 9.81. The Morgan fingerprint density at radius 3 is 3.00 bits per heavy atom. The topological polar surface area (TPSA) is 35.8 Å². The molecule has 2 nitrogen and oxygen atoms in total. The first kappa shape index (κ1) is 10.7. The highest BCUT2D eigenvalue weighted by molar-refractivity contribution is 7.07. The van der Waals surface area contributed by atoms with Gasteiger partial charge in [0.25, 0.3) is 0 Å². The molecule has 0 radical (unpaired) electrons. The lowest BCUT2D eigenvalue weighted by atomic mass is 10.0. The lowest BCUT2D eigenvalue weighted by Gasteiger charge is -2.17. The van der Waals surface area contributed by atoms with Crippen molar-refractivity contribution in [1.29, 1.82) is 5.26 Å². The molecule has 0 saturated heterocycles. The van der Waals surface area contributed by atoms with Crippen molar-refractivity contribution >= 4 is 11.3 Å². The van der Waals surface area contributed by atoms with E-state index in [9.17, 15) is 0 Å². The van der Waals surface area contributed by atoms with Gasteiger partial charge in [0.05, 0.1) is 6.07 Å². The van der Waals surface area contributed by atoms with Crippen molar-refractivity contribution in [1.82, 2.24) is 5.32 Å². The summed E-state index contributed by atoms with van der Waals surface area (Å²) in [7, 11) is 0. The van der Waals surface area contributed by atoms with E-state index in [1.54, 1.807) is 11.3 Å². The van der Waals surface area contributed by atoms with Gasteiger partial charge in [-0.05, 0) is 47.6 Å². The summed E-state index contributed by atoms with van der Waals surface area (Å²) in [6.07, 6.45) is 3.13. The highest BCUT2D eigenvalue weighted by atomic mass is 32.1. The molecule has 1 aliphatic carbocycles. The lowest BCUT2D eigenvalue weighted by molar-refractivity contribution is 0.433. The minimum atomic E-state index is 0.305. The highest BCUT2D eigenvalue weighted by Crippen LogP contribution is 2.48. The number of nitrogens with one attached hydrogen (secondary N) is 1. The van der Waals surface area contributed by atoms with Crippen LogP contribution in [0.15, 0.2) is 16.8 Å². The monoisotopic (exact) mass is 220 g/mol. The summed E-state index contributed by atoms with van der Waals surface area (Å²) in [4.78, 5) is 0. The Bertz CT molecular complexity index is 346. The summed E-state index contributed by atoms with van der Waals surface area (Å²) >= 11 is 1.73. The Kier molecular flexibility index (Phi) is 3.08. The van der Waals surface area contributed by atoms with Crippen LogP contribution in [0.4, 0.5) is 0 Å². The summed E-state index contributed by atoms with van der Waals surface area (Å²) in [6.45, 7) is 3.17. The van der Waals surface area contributed by atoms with Crippen molar-refractivity contribution in [2.24, 2.45) is 5.41 Å². The minimum Gasteiger partial charge on any atom is -0.310 e. The molecule has 1 aliphatic rings.